The molecule has 0 aliphatic carbocycles. The van der Waals surface area contributed by atoms with Gasteiger partial charge in [0.1, 0.15) is 5.75 Å². The maximum atomic E-state index is 12.5. The minimum absolute atomic E-state index is 0.0365. The smallest absolute Gasteiger partial charge is 0.387 e. The molecule has 0 saturated carbocycles. The highest BCUT2D eigenvalue weighted by atomic mass is 35.5. The third kappa shape index (κ3) is 6.04. The average Bonchev–Trinajstić information content (AvgIpc) is 2.35. The zero-order valence-electron chi connectivity index (χ0n) is 12.8. The van der Waals surface area contributed by atoms with Gasteiger partial charge in [0.05, 0.1) is 28.2 Å². The van der Waals surface area contributed by atoms with Crippen molar-refractivity contribution < 1.29 is 27.6 Å². The van der Waals surface area contributed by atoms with Gasteiger partial charge in [0.2, 0.25) is 0 Å². The zero-order chi connectivity index (χ0) is 17.8. The highest BCUT2D eigenvalue weighted by Gasteiger charge is 2.29. The highest BCUT2D eigenvalue weighted by Crippen LogP contribution is 2.35. The van der Waals surface area contributed by atoms with Crippen LogP contribution in [0.2, 0.25) is 5.02 Å². The third-order valence-corrected chi connectivity index (χ3v) is 4.70. The van der Waals surface area contributed by atoms with Crippen LogP contribution in [0.1, 0.15) is 38.8 Å². The van der Waals surface area contributed by atoms with Gasteiger partial charge in [0.15, 0.2) is 0 Å². The van der Waals surface area contributed by atoms with E-state index in [-0.39, 0.29) is 16.3 Å². The fourth-order valence-corrected chi connectivity index (χ4v) is 2.85. The summed E-state index contributed by atoms with van der Waals surface area (Å²) in [5, 5.41) is 9.10. The summed E-state index contributed by atoms with van der Waals surface area (Å²) in [6.07, 6.45) is -0.495. The first-order valence-electron chi connectivity index (χ1n) is 6.65. The first kappa shape index (κ1) is 19.8. The van der Waals surface area contributed by atoms with Crippen molar-refractivity contribution in [3.8, 4) is 5.75 Å². The highest BCUT2D eigenvalue weighted by molar-refractivity contribution is 7.84. The van der Waals surface area contributed by atoms with E-state index in [1.54, 1.807) is 20.8 Å². The SMILES string of the molecule is CC(C)(C)S(=O)N[C@H](CC(=O)O)c1c(Cl)cccc1OC(F)F. The molecule has 0 aliphatic rings. The Bertz CT molecular complexity index is 593. The standard InChI is InChI=1S/C14H18ClF2NO4S/c1-14(2,3)23(21)18-9(7-11(19)20)12-8(15)5-4-6-10(12)22-13(16)17/h4-6,9,13,18H,7H2,1-3H3,(H,19,20)/t9-,23?/m1/s1. The molecule has 0 radical (unpaired) electrons. The molecule has 2 N–H and O–H groups in total. The number of halogens is 3. The predicted molar refractivity (Wildman–Crippen MR) is 84.1 cm³/mol. The lowest BCUT2D eigenvalue weighted by atomic mass is 10.0. The first-order chi connectivity index (χ1) is 10.5. The van der Waals surface area contributed by atoms with Crippen molar-refractivity contribution in [2.75, 3.05) is 0 Å². The van der Waals surface area contributed by atoms with Crippen LogP contribution in [0.25, 0.3) is 0 Å². The van der Waals surface area contributed by atoms with E-state index in [1.165, 1.54) is 18.2 Å². The maximum Gasteiger partial charge on any atom is 0.387 e. The van der Waals surface area contributed by atoms with Gasteiger partial charge >= 0.3 is 12.6 Å². The number of rotatable bonds is 7. The van der Waals surface area contributed by atoms with Gasteiger partial charge in [-0.2, -0.15) is 8.78 Å². The number of carboxylic acid groups (broad SMARTS) is 1. The van der Waals surface area contributed by atoms with Crippen LogP contribution in [0, 0.1) is 0 Å². The molecule has 23 heavy (non-hydrogen) atoms. The summed E-state index contributed by atoms with van der Waals surface area (Å²) in [5.41, 5.74) is 0.0365. The monoisotopic (exact) mass is 369 g/mol. The van der Waals surface area contributed by atoms with Crippen LogP contribution in [0.3, 0.4) is 0 Å². The van der Waals surface area contributed by atoms with Crippen molar-refractivity contribution in [2.45, 2.75) is 44.6 Å². The molecule has 0 amide bonds. The predicted octanol–water partition coefficient (Wildman–Crippen LogP) is 3.51. The van der Waals surface area contributed by atoms with Gasteiger partial charge < -0.3 is 9.84 Å². The van der Waals surface area contributed by atoms with Gasteiger partial charge in [0.25, 0.3) is 0 Å². The molecule has 0 saturated heterocycles. The zero-order valence-corrected chi connectivity index (χ0v) is 14.4. The minimum atomic E-state index is -3.09. The van der Waals surface area contributed by atoms with Crippen molar-refractivity contribution in [3.05, 3.63) is 28.8 Å². The molecule has 130 valence electrons. The summed E-state index contributed by atoms with van der Waals surface area (Å²) in [7, 11) is -1.63. The van der Waals surface area contributed by atoms with Crippen LogP contribution < -0.4 is 9.46 Å². The second-order valence-corrected chi connectivity index (χ2v) is 8.08. The normalized spacial score (nSPS) is 14.6. The van der Waals surface area contributed by atoms with Crippen molar-refractivity contribution >= 4 is 28.6 Å². The van der Waals surface area contributed by atoms with Gasteiger partial charge in [-0.1, -0.05) is 17.7 Å². The molecule has 0 heterocycles. The van der Waals surface area contributed by atoms with Crippen LogP contribution >= 0.6 is 11.6 Å². The Morgan fingerprint density at radius 3 is 2.52 bits per heavy atom. The molecule has 0 spiro atoms. The van der Waals surface area contributed by atoms with E-state index in [1.807, 2.05) is 0 Å². The Morgan fingerprint density at radius 2 is 2.04 bits per heavy atom. The molecule has 1 aromatic carbocycles. The summed E-state index contributed by atoms with van der Waals surface area (Å²) in [5.74, 6) is -1.45. The van der Waals surface area contributed by atoms with Gasteiger partial charge in [-0.3, -0.25) is 4.79 Å². The van der Waals surface area contributed by atoms with Crippen LogP contribution in [0.4, 0.5) is 8.78 Å². The van der Waals surface area contributed by atoms with Crippen molar-refractivity contribution in [1.29, 1.82) is 0 Å². The number of carbonyl (C=O) groups is 1. The molecule has 0 aromatic heterocycles. The van der Waals surface area contributed by atoms with Crippen LogP contribution in [0.5, 0.6) is 5.75 Å². The van der Waals surface area contributed by atoms with Gasteiger partial charge in [0, 0.05) is 10.6 Å². The maximum absolute atomic E-state index is 12.5. The number of nitrogens with one attached hydrogen (secondary N) is 1. The number of carboxylic acids is 1. The first-order valence-corrected chi connectivity index (χ1v) is 8.18. The van der Waals surface area contributed by atoms with Gasteiger partial charge in [-0.25, -0.2) is 8.93 Å². The van der Waals surface area contributed by atoms with Crippen molar-refractivity contribution in [1.82, 2.24) is 4.72 Å². The number of alkyl halides is 2. The van der Waals surface area contributed by atoms with E-state index in [0.29, 0.717) is 0 Å². The number of hydrogen-bond acceptors (Lipinski definition) is 3. The van der Waals surface area contributed by atoms with E-state index in [9.17, 15) is 17.8 Å². The summed E-state index contributed by atoms with van der Waals surface area (Å²) in [6, 6.07) is 3.03. The Kier molecular flexibility index (Phi) is 6.91. The van der Waals surface area contributed by atoms with Gasteiger partial charge in [-0.15, -0.1) is 0 Å². The second kappa shape index (κ2) is 8.03. The van der Waals surface area contributed by atoms with E-state index in [0.717, 1.165) is 0 Å². The number of ether oxygens (including phenoxy) is 1. The van der Waals surface area contributed by atoms with Crippen LogP contribution in [-0.2, 0) is 15.8 Å². The topological polar surface area (TPSA) is 75.6 Å². The van der Waals surface area contributed by atoms with E-state index >= 15 is 0 Å². The molecule has 0 aliphatic heterocycles. The summed E-state index contributed by atoms with van der Waals surface area (Å²) >= 11 is 6.03. The quantitative estimate of drug-likeness (QED) is 0.771. The average molecular weight is 370 g/mol. The molecule has 2 atom stereocenters. The largest absolute Gasteiger partial charge is 0.481 e. The Hall–Kier alpha value is -1.25. The molecule has 1 aromatic rings. The lowest BCUT2D eigenvalue weighted by Gasteiger charge is -2.25. The molecule has 1 unspecified atom stereocenters. The molecular formula is C14H18ClF2NO4S. The molecule has 9 heteroatoms. The second-order valence-electron chi connectivity index (χ2n) is 5.68. The Balaban J connectivity index is 3.26. The summed E-state index contributed by atoms with van der Waals surface area (Å²) in [4.78, 5) is 11.1. The van der Waals surface area contributed by atoms with Gasteiger partial charge in [-0.05, 0) is 32.9 Å². The number of aliphatic carboxylic acids is 1. The minimum Gasteiger partial charge on any atom is -0.481 e. The van der Waals surface area contributed by atoms with Crippen LogP contribution in [0.15, 0.2) is 18.2 Å². The van der Waals surface area contributed by atoms with Crippen molar-refractivity contribution in [3.63, 3.8) is 0 Å². The number of hydrogen-bond donors (Lipinski definition) is 2. The summed E-state index contributed by atoms with van der Waals surface area (Å²) in [6.45, 7) is 1.98. The number of benzene rings is 1. The molecular weight excluding hydrogens is 352 g/mol. The Labute approximate surface area is 140 Å². The fourth-order valence-electron chi connectivity index (χ4n) is 1.74. The third-order valence-electron chi connectivity index (χ3n) is 2.76. The lowest BCUT2D eigenvalue weighted by Crippen LogP contribution is -2.36. The van der Waals surface area contributed by atoms with E-state index in [4.69, 9.17) is 16.7 Å². The van der Waals surface area contributed by atoms with Crippen LogP contribution in [-0.4, -0.2) is 26.6 Å². The Morgan fingerprint density at radius 1 is 1.43 bits per heavy atom. The van der Waals surface area contributed by atoms with E-state index < -0.39 is 40.8 Å². The fraction of sp³-hybridized carbons (Fsp3) is 0.500. The molecule has 0 bridgehead atoms. The molecule has 0 fully saturated rings. The summed E-state index contributed by atoms with van der Waals surface area (Å²) < 4.78 is 43.7. The van der Waals surface area contributed by atoms with Crippen molar-refractivity contribution in [2.24, 2.45) is 0 Å². The molecule has 5 nitrogen and oxygen atoms in total. The van der Waals surface area contributed by atoms with E-state index in [2.05, 4.69) is 9.46 Å². The lowest BCUT2D eigenvalue weighted by molar-refractivity contribution is -0.137. The molecule has 1 rings (SSSR count).